The third kappa shape index (κ3) is 3.87. The summed E-state index contributed by atoms with van der Waals surface area (Å²) in [5.74, 6) is 1.23. The second kappa shape index (κ2) is 8.28. The van der Waals surface area contributed by atoms with E-state index in [4.69, 9.17) is 19.7 Å². The number of ether oxygens (including phenoxy) is 1. The van der Waals surface area contributed by atoms with E-state index >= 15 is 0 Å². The highest BCUT2D eigenvalue weighted by Gasteiger charge is 2.32. The summed E-state index contributed by atoms with van der Waals surface area (Å²) in [7, 11) is 0. The van der Waals surface area contributed by atoms with Crippen LogP contribution in [0.2, 0.25) is 0 Å². The lowest BCUT2D eigenvalue weighted by Crippen LogP contribution is -2.32. The monoisotopic (exact) mass is 464 g/mol. The Balaban J connectivity index is 1.73. The van der Waals surface area contributed by atoms with Crippen molar-refractivity contribution in [2.24, 2.45) is 0 Å². The number of benzene rings is 1. The van der Waals surface area contributed by atoms with E-state index in [2.05, 4.69) is 57.3 Å². The third-order valence-corrected chi connectivity index (χ3v) is 7.56. The molecular formula is C25H28N4OS2. The summed E-state index contributed by atoms with van der Waals surface area (Å²) < 4.78 is 7.27. The summed E-state index contributed by atoms with van der Waals surface area (Å²) >= 11 is 3.27. The van der Waals surface area contributed by atoms with Gasteiger partial charge in [-0.3, -0.25) is 0 Å². The molecule has 0 radical (unpaired) electrons. The van der Waals surface area contributed by atoms with Gasteiger partial charge in [0, 0.05) is 23.9 Å². The predicted molar refractivity (Wildman–Crippen MR) is 135 cm³/mol. The standard InChI is InChI=1S/C25H28N4OS2/c1-14(2)19-17-13-30-25(3,4)11-16(17)18-20-21(32-23(18)27-19)22(29-24(28-20)31-5)26-12-15-9-7-6-8-10-15/h6-10,14H,11-13H2,1-5H3,(H,26,28,29). The largest absolute Gasteiger partial charge is 0.370 e. The van der Waals surface area contributed by atoms with Crippen molar-refractivity contribution in [3.63, 3.8) is 0 Å². The van der Waals surface area contributed by atoms with Crippen LogP contribution in [-0.2, 0) is 24.3 Å². The molecule has 3 aromatic heterocycles. The van der Waals surface area contributed by atoms with Gasteiger partial charge in [-0.05, 0) is 37.1 Å². The summed E-state index contributed by atoms with van der Waals surface area (Å²) in [4.78, 5) is 16.0. The van der Waals surface area contributed by atoms with Crippen LogP contribution >= 0.6 is 23.1 Å². The first-order chi connectivity index (χ1) is 15.4. The quantitative estimate of drug-likeness (QED) is 0.267. The number of hydrogen-bond donors (Lipinski definition) is 1. The Morgan fingerprint density at radius 1 is 1.12 bits per heavy atom. The van der Waals surface area contributed by atoms with E-state index in [0.29, 0.717) is 12.5 Å². The number of pyridine rings is 1. The number of fused-ring (bicyclic) bond motifs is 5. The van der Waals surface area contributed by atoms with E-state index < -0.39 is 0 Å². The lowest BCUT2D eigenvalue weighted by atomic mass is 9.87. The first-order valence-corrected chi connectivity index (χ1v) is 13.0. The molecule has 1 aliphatic rings. The minimum Gasteiger partial charge on any atom is -0.370 e. The molecule has 0 bridgehead atoms. The van der Waals surface area contributed by atoms with Gasteiger partial charge in [0.25, 0.3) is 0 Å². The van der Waals surface area contributed by atoms with Gasteiger partial charge in [-0.2, -0.15) is 0 Å². The number of thiophene rings is 1. The van der Waals surface area contributed by atoms with Gasteiger partial charge in [0.05, 0.1) is 28.1 Å². The van der Waals surface area contributed by atoms with Crippen LogP contribution in [0.25, 0.3) is 20.4 Å². The molecule has 5 rings (SSSR count). The second-order valence-corrected chi connectivity index (χ2v) is 11.0. The number of rotatable bonds is 5. The van der Waals surface area contributed by atoms with Crippen LogP contribution in [-0.4, -0.2) is 26.8 Å². The summed E-state index contributed by atoms with van der Waals surface area (Å²) in [5, 5.41) is 5.53. The van der Waals surface area contributed by atoms with Gasteiger partial charge in [0.1, 0.15) is 10.6 Å². The summed E-state index contributed by atoms with van der Waals surface area (Å²) in [5.41, 5.74) is 5.77. The van der Waals surface area contributed by atoms with E-state index in [1.807, 2.05) is 12.3 Å². The van der Waals surface area contributed by atoms with Crippen molar-refractivity contribution in [2.45, 2.75) is 63.9 Å². The lowest BCUT2D eigenvalue weighted by Gasteiger charge is -2.33. The van der Waals surface area contributed by atoms with Gasteiger partial charge in [0.2, 0.25) is 0 Å². The molecule has 4 aromatic rings. The number of nitrogens with one attached hydrogen (secondary N) is 1. The van der Waals surface area contributed by atoms with Gasteiger partial charge < -0.3 is 10.1 Å². The minimum atomic E-state index is -0.201. The highest BCUT2D eigenvalue weighted by Crippen LogP contribution is 2.43. The van der Waals surface area contributed by atoms with Crippen molar-refractivity contribution in [3.05, 3.63) is 52.7 Å². The average molecular weight is 465 g/mol. The Morgan fingerprint density at radius 2 is 1.91 bits per heavy atom. The van der Waals surface area contributed by atoms with E-state index in [1.165, 1.54) is 22.1 Å². The number of nitrogens with zero attached hydrogens (tertiary/aromatic N) is 3. The molecule has 0 atom stereocenters. The molecule has 0 aliphatic carbocycles. The van der Waals surface area contributed by atoms with Gasteiger partial charge in [0.15, 0.2) is 5.16 Å². The average Bonchev–Trinajstić information content (AvgIpc) is 3.15. The van der Waals surface area contributed by atoms with Crippen molar-refractivity contribution < 1.29 is 4.74 Å². The predicted octanol–water partition coefficient (Wildman–Crippen LogP) is 6.55. The molecule has 1 N–H and O–H groups in total. The molecule has 0 spiro atoms. The molecule has 4 heterocycles. The van der Waals surface area contributed by atoms with Crippen molar-refractivity contribution in [3.8, 4) is 0 Å². The van der Waals surface area contributed by atoms with Crippen molar-refractivity contribution in [2.75, 3.05) is 11.6 Å². The van der Waals surface area contributed by atoms with E-state index in [1.54, 1.807) is 23.1 Å². The number of hydrogen-bond acceptors (Lipinski definition) is 7. The van der Waals surface area contributed by atoms with Crippen LogP contribution in [0.4, 0.5) is 5.82 Å². The maximum absolute atomic E-state index is 6.19. The van der Waals surface area contributed by atoms with Crippen molar-refractivity contribution >= 4 is 49.3 Å². The number of anilines is 1. The Bertz CT molecular complexity index is 1300. The molecule has 0 fully saturated rings. The Kier molecular flexibility index (Phi) is 5.60. The number of thioether (sulfide) groups is 1. The first-order valence-electron chi connectivity index (χ1n) is 11.0. The minimum absolute atomic E-state index is 0.201. The molecular weight excluding hydrogens is 436 g/mol. The van der Waals surface area contributed by atoms with Crippen molar-refractivity contribution in [1.29, 1.82) is 0 Å². The Morgan fingerprint density at radius 3 is 2.62 bits per heavy atom. The van der Waals surface area contributed by atoms with E-state index in [9.17, 15) is 0 Å². The van der Waals surface area contributed by atoms with E-state index in [-0.39, 0.29) is 5.60 Å². The van der Waals surface area contributed by atoms with Crippen LogP contribution in [0, 0.1) is 0 Å². The molecule has 0 unspecified atom stereocenters. The normalized spacial score (nSPS) is 15.4. The van der Waals surface area contributed by atoms with Gasteiger partial charge in [-0.1, -0.05) is 55.9 Å². The molecule has 32 heavy (non-hydrogen) atoms. The Hall–Kier alpha value is -2.22. The van der Waals surface area contributed by atoms with Crippen LogP contribution < -0.4 is 5.32 Å². The van der Waals surface area contributed by atoms with Gasteiger partial charge in [-0.25, -0.2) is 15.0 Å². The van der Waals surface area contributed by atoms with E-state index in [0.717, 1.165) is 44.7 Å². The molecule has 1 aliphatic heterocycles. The smallest absolute Gasteiger partial charge is 0.189 e. The zero-order chi connectivity index (χ0) is 22.5. The van der Waals surface area contributed by atoms with Crippen LogP contribution in [0.15, 0.2) is 35.5 Å². The van der Waals surface area contributed by atoms with Gasteiger partial charge in [-0.15, -0.1) is 11.3 Å². The zero-order valence-electron chi connectivity index (χ0n) is 19.2. The summed E-state index contributed by atoms with van der Waals surface area (Å²) in [6.45, 7) is 10.1. The van der Waals surface area contributed by atoms with Gasteiger partial charge >= 0.3 is 0 Å². The lowest BCUT2D eigenvalue weighted by molar-refractivity contribution is -0.0402. The third-order valence-electron chi connectivity index (χ3n) is 5.93. The maximum atomic E-state index is 6.19. The summed E-state index contributed by atoms with van der Waals surface area (Å²) in [6.07, 6.45) is 2.89. The Labute approximate surface area is 197 Å². The first kappa shape index (κ1) is 21.6. The van der Waals surface area contributed by atoms with Crippen LogP contribution in [0.5, 0.6) is 0 Å². The van der Waals surface area contributed by atoms with Crippen LogP contribution in [0.3, 0.4) is 0 Å². The fourth-order valence-electron chi connectivity index (χ4n) is 4.35. The number of aromatic nitrogens is 3. The van der Waals surface area contributed by atoms with Crippen molar-refractivity contribution in [1.82, 2.24) is 15.0 Å². The molecule has 5 nitrogen and oxygen atoms in total. The highest BCUT2D eigenvalue weighted by molar-refractivity contribution is 7.98. The second-order valence-electron chi connectivity index (χ2n) is 9.19. The molecule has 1 aromatic carbocycles. The highest BCUT2D eigenvalue weighted by atomic mass is 32.2. The summed E-state index contributed by atoms with van der Waals surface area (Å²) in [6, 6.07) is 10.4. The molecule has 0 amide bonds. The van der Waals surface area contributed by atoms with Crippen LogP contribution in [0.1, 0.15) is 56.0 Å². The SMILES string of the molecule is CSc1nc(NCc2ccccc2)c2sc3nc(C(C)C)c4c(c3c2n1)CC(C)(C)OC4. The maximum Gasteiger partial charge on any atom is 0.189 e. The topological polar surface area (TPSA) is 59.9 Å². The zero-order valence-corrected chi connectivity index (χ0v) is 20.8. The fraction of sp³-hybridized carbons (Fsp3) is 0.400. The molecule has 7 heteroatoms. The molecule has 166 valence electrons. The molecule has 0 saturated heterocycles. The molecule has 0 saturated carbocycles. The fourth-order valence-corrected chi connectivity index (χ4v) is 5.83.